The summed E-state index contributed by atoms with van der Waals surface area (Å²) >= 11 is 53.5. The topological polar surface area (TPSA) is 63.2 Å². The fourth-order valence-corrected chi connectivity index (χ4v) is 9.27. The molecule has 4 aromatic carbocycles. The Hall–Kier alpha value is -4.20. The van der Waals surface area contributed by atoms with Crippen molar-refractivity contribution in [1.29, 1.82) is 0 Å². The van der Waals surface area contributed by atoms with E-state index in [1.165, 1.54) is 0 Å². The number of halogens is 8. The first-order chi connectivity index (χ1) is 27.0. The van der Waals surface area contributed by atoms with Crippen LogP contribution in [0, 0.1) is 0 Å². The molecule has 0 aliphatic carbocycles. The Kier molecular flexibility index (Phi) is 9.98. The minimum atomic E-state index is 0.482. The third-order valence-electron chi connectivity index (χ3n) is 9.70. The molecule has 56 heavy (non-hydrogen) atoms. The maximum absolute atomic E-state index is 6.96. The summed E-state index contributed by atoms with van der Waals surface area (Å²) in [4.78, 5) is 14.8. The van der Waals surface area contributed by atoms with Crippen molar-refractivity contribution in [3.8, 4) is 0 Å². The van der Waals surface area contributed by atoms with Gasteiger partial charge in [0.15, 0.2) is 0 Å². The van der Waals surface area contributed by atoms with Crippen molar-refractivity contribution in [2.45, 2.75) is 0 Å². The maximum atomic E-state index is 6.96. The summed E-state index contributed by atoms with van der Waals surface area (Å²) < 4.78 is 0. The Labute approximate surface area is 360 Å². The van der Waals surface area contributed by atoms with Crippen LogP contribution >= 0.6 is 92.8 Å². The molecule has 0 unspecified atom stereocenters. The van der Waals surface area contributed by atoms with E-state index in [2.05, 4.69) is 19.9 Å². The number of rotatable bonds is 4. The van der Waals surface area contributed by atoms with E-state index < -0.39 is 0 Å². The van der Waals surface area contributed by atoms with Gasteiger partial charge in [-0.2, -0.15) is 0 Å². The second-order valence-corrected chi connectivity index (χ2v) is 16.5. The molecule has 0 spiro atoms. The van der Waals surface area contributed by atoms with Crippen LogP contribution in [0.2, 0.25) is 40.2 Å². The molecule has 8 bridgehead atoms. The fraction of sp³-hybridized carbons (Fsp3) is 0. The molecule has 0 saturated heterocycles. The van der Waals surface area contributed by atoms with Crippen molar-refractivity contribution < 1.29 is 0 Å². The third-order valence-corrected chi connectivity index (χ3v) is 11.9. The van der Waals surface area contributed by atoms with Gasteiger partial charge in [-0.15, -0.1) is 0 Å². The lowest BCUT2D eigenvalue weighted by Crippen LogP contribution is -2.19. The van der Waals surface area contributed by atoms with E-state index >= 15 is 0 Å². The maximum Gasteiger partial charge on any atom is 0.0500 e. The smallest absolute Gasteiger partial charge is 0.0500 e. The lowest BCUT2D eigenvalue weighted by atomic mass is 10.0. The van der Waals surface area contributed by atoms with Crippen LogP contribution in [0.3, 0.4) is 0 Å². The van der Waals surface area contributed by atoms with E-state index in [0.29, 0.717) is 40.2 Å². The van der Waals surface area contributed by atoms with E-state index in [0.717, 1.165) is 88.7 Å². The number of aromatic nitrogens is 4. The molecule has 8 aromatic rings. The number of benzene rings is 4. The number of H-pyrrole nitrogens is 4. The van der Waals surface area contributed by atoms with Gasteiger partial charge in [-0.1, -0.05) is 117 Å². The lowest BCUT2D eigenvalue weighted by molar-refractivity contribution is 1.19. The summed E-state index contributed by atoms with van der Waals surface area (Å²) in [6.07, 6.45) is 0. The normalized spacial score (nSPS) is 12.9. The van der Waals surface area contributed by atoms with Gasteiger partial charge in [-0.25, -0.2) is 0 Å². The van der Waals surface area contributed by atoms with Gasteiger partial charge in [-0.3, -0.25) is 0 Å². The van der Waals surface area contributed by atoms with Crippen molar-refractivity contribution in [2.75, 3.05) is 0 Å². The summed E-state index contributed by atoms with van der Waals surface area (Å²) in [5.74, 6) is 0. The molecular weight excluding hydrogens is 868 g/mol. The van der Waals surface area contributed by atoms with E-state index in [1.54, 1.807) is 24.3 Å². The summed E-state index contributed by atoms with van der Waals surface area (Å²) in [6, 6.07) is 38.0. The van der Waals surface area contributed by atoms with Crippen LogP contribution in [-0.4, -0.2) is 19.9 Å². The molecule has 1 aliphatic heterocycles. The van der Waals surface area contributed by atoms with Crippen LogP contribution in [0.15, 0.2) is 121 Å². The minimum absolute atomic E-state index is 0.482. The van der Waals surface area contributed by atoms with Crippen molar-refractivity contribution in [3.05, 3.63) is 228 Å². The molecule has 4 aromatic heterocycles. The zero-order valence-corrected chi connectivity index (χ0v) is 34.6. The third kappa shape index (κ3) is 6.83. The molecule has 12 heteroatoms. The first-order valence-corrected chi connectivity index (χ1v) is 20.1. The standard InChI is InChI=1S/C44H24Cl8N4/c45-21-1-5-25(29(49)17-21)41-33-9-11-35(53-33)42(26-6-2-22(46)18-30(26)50)37-13-15-39(55-37)44(28-8-4-24(48)20-32(28)52)40-16-14-38(56-40)43(36-12-10-34(41)54-36)27-7-3-23(47)19-31(27)51/h1-20,53-56H. The quantitative estimate of drug-likeness (QED) is 0.136. The first kappa shape index (κ1) is 37.4. The molecule has 5 heterocycles. The van der Waals surface area contributed by atoms with Gasteiger partial charge in [0.25, 0.3) is 0 Å². The van der Waals surface area contributed by atoms with E-state index in [9.17, 15) is 0 Å². The highest BCUT2D eigenvalue weighted by Gasteiger charge is 2.21. The number of aromatic amines is 4. The van der Waals surface area contributed by atoms with Crippen LogP contribution < -0.4 is 21.4 Å². The van der Waals surface area contributed by atoms with Crippen LogP contribution in [0.4, 0.5) is 0 Å². The summed E-state index contributed by atoms with van der Waals surface area (Å²) in [7, 11) is 0. The van der Waals surface area contributed by atoms with Gasteiger partial charge < -0.3 is 19.9 Å². The summed E-state index contributed by atoms with van der Waals surface area (Å²) in [6.45, 7) is 0. The zero-order valence-electron chi connectivity index (χ0n) is 28.6. The average molecular weight is 892 g/mol. The van der Waals surface area contributed by atoms with Gasteiger partial charge in [0.05, 0.1) is 20.1 Å². The number of hydrogen-bond donors (Lipinski definition) is 4. The number of hydrogen-bond acceptors (Lipinski definition) is 0. The van der Waals surface area contributed by atoms with Crippen LogP contribution in [-0.2, 0) is 0 Å². The molecule has 0 atom stereocenters. The van der Waals surface area contributed by atoms with Gasteiger partial charge in [0.1, 0.15) is 0 Å². The lowest BCUT2D eigenvalue weighted by Gasteiger charge is -2.12. The van der Waals surface area contributed by atoms with Crippen molar-refractivity contribution in [3.63, 3.8) is 0 Å². The van der Waals surface area contributed by atoms with E-state index in [1.807, 2.05) is 97.1 Å². The largest absolute Gasteiger partial charge is 0.354 e. The Morgan fingerprint density at radius 1 is 0.250 bits per heavy atom. The monoisotopic (exact) mass is 888 g/mol. The molecule has 0 radical (unpaired) electrons. The first-order valence-electron chi connectivity index (χ1n) is 17.1. The Bertz CT molecular complexity index is 2730. The SMILES string of the molecule is Clc1ccc(C2=c3ccc([nH]3)=C(c3ccc(Cl)cc3Cl)c3ccc([nH]3)C(c3ccc(Cl)cc3Cl)=c3ccc([nH]3)=C(c3ccc(Cl)cc3Cl)c3ccc2[nH]3)c(Cl)c1. The predicted molar refractivity (Wildman–Crippen MR) is 234 cm³/mol. The highest BCUT2D eigenvalue weighted by molar-refractivity contribution is 6.37. The average Bonchev–Trinajstić information content (AvgIpc) is 3.99. The predicted octanol–water partition coefficient (Wildman–Crippen LogP) is 11.5. The van der Waals surface area contributed by atoms with Crippen LogP contribution in [0.25, 0.3) is 22.3 Å². The second kappa shape index (κ2) is 14.9. The molecule has 9 rings (SSSR count). The van der Waals surface area contributed by atoms with Crippen LogP contribution in [0.1, 0.15) is 45.0 Å². The van der Waals surface area contributed by atoms with E-state index in [-0.39, 0.29) is 0 Å². The van der Waals surface area contributed by atoms with Crippen molar-refractivity contribution in [1.82, 2.24) is 19.9 Å². The van der Waals surface area contributed by atoms with Crippen molar-refractivity contribution in [2.24, 2.45) is 0 Å². The van der Waals surface area contributed by atoms with Crippen molar-refractivity contribution >= 4 is 115 Å². The molecule has 0 saturated carbocycles. The number of fused-ring (bicyclic) bond motifs is 8. The summed E-state index contributed by atoms with van der Waals surface area (Å²) in [5, 5.41) is 7.16. The number of nitrogens with one attached hydrogen (secondary N) is 4. The van der Waals surface area contributed by atoms with Gasteiger partial charge in [0, 0.05) is 109 Å². The Morgan fingerprint density at radius 3 is 0.696 bits per heavy atom. The molecule has 1 aliphatic rings. The molecule has 0 fully saturated rings. The Morgan fingerprint density at radius 2 is 0.482 bits per heavy atom. The van der Waals surface area contributed by atoms with Gasteiger partial charge in [-0.05, 0) is 97.1 Å². The molecular formula is C44H24Cl8N4. The molecule has 276 valence electrons. The van der Waals surface area contributed by atoms with Gasteiger partial charge >= 0.3 is 0 Å². The molecule has 4 N–H and O–H groups in total. The molecule has 4 nitrogen and oxygen atoms in total. The minimum Gasteiger partial charge on any atom is -0.354 e. The van der Waals surface area contributed by atoms with E-state index in [4.69, 9.17) is 92.8 Å². The summed E-state index contributed by atoms with van der Waals surface area (Å²) in [5.41, 5.74) is 9.44. The molecule has 0 amide bonds. The second-order valence-electron chi connectivity index (χ2n) is 13.1. The zero-order chi connectivity index (χ0) is 38.8. The highest BCUT2D eigenvalue weighted by Crippen LogP contribution is 2.36. The highest BCUT2D eigenvalue weighted by atomic mass is 35.5. The van der Waals surface area contributed by atoms with Gasteiger partial charge in [0.2, 0.25) is 0 Å². The fourth-order valence-electron chi connectivity index (χ4n) is 7.26. The Balaban J connectivity index is 1.46. The van der Waals surface area contributed by atoms with Crippen LogP contribution in [0.5, 0.6) is 0 Å².